The lowest BCUT2D eigenvalue weighted by Gasteiger charge is -2.26. The van der Waals surface area contributed by atoms with Crippen LogP contribution in [0.5, 0.6) is 0 Å². The summed E-state index contributed by atoms with van der Waals surface area (Å²) in [7, 11) is 0. The van der Waals surface area contributed by atoms with Gasteiger partial charge in [-0.15, -0.1) is 0 Å². The van der Waals surface area contributed by atoms with Gasteiger partial charge in [-0.05, 0) is 44.7 Å². The third-order valence-electron chi connectivity index (χ3n) is 4.89. The Bertz CT molecular complexity index is 1060. The lowest BCUT2D eigenvalue weighted by molar-refractivity contribution is -0.130. The predicted molar refractivity (Wildman–Crippen MR) is 99.7 cm³/mol. The number of benzene rings is 1. The summed E-state index contributed by atoms with van der Waals surface area (Å²) >= 11 is 0. The molecule has 0 aliphatic heterocycles. The van der Waals surface area contributed by atoms with Crippen molar-refractivity contribution in [1.29, 1.82) is 0 Å². The number of aromatic nitrogens is 2. The van der Waals surface area contributed by atoms with Crippen LogP contribution in [-0.4, -0.2) is 26.9 Å². The molecule has 0 atom stereocenters. The minimum Gasteiger partial charge on any atom is -0.448 e. The predicted octanol–water partition coefficient (Wildman–Crippen LogP) is 3.45. The van der Waals surface area contributed by atoms with Gasteiger partial charge in [-0.2, -0.15) is 0 Å². The smallest absolute Gasteiger partial charge is 0.297 e. The minimum atomic E-state index is -0.326. The van der Waals surface area contributed by atoms with Crippen LogP contribution in [-0.2, 0) is 11.3 Å². The van der Waals surface area contributed by atoms with Crippen molar-refractivity contribution >= 4 is 28.0 Å². The maximum atomic E-state index is 12.8. The number of rotatable bonds is 4. The van der Waals surface area contributed by atoms with Gasteiger partial charge in [0.25, 0.3) is 5.56 Å². The molecular weight excluding hydrogens is 330 g/mol. The fourth-order valence-electron chi connectivity index (χ4n) is 3.56. The largest absolute Gasteiger partial charge is 0.448 e. The molecule has 1 aliphatic carbocycles. The average molecular weight is 351 g/mol. The summed E-state index contributed by atoms with van der Waals surface area (Å²) in [5.41, 5.74) is 2.10. The summed E-state index contributed by atoms with van der Waals surface area (Å²) < 4.78 is 7.01. The molecule has 0 spiro atoms. The summed E-state index contributed by atoms with van der Waals surface area (Å²) in [5.74, 6) is -0.0972. The zero-order chi connectivity index (χ0) is 18.1. The first kappa shape index (κ1) is 16.6. The number of amides is 1. The van der Waals surface area contributed by atoms with Crippen LogP contribution < -0.4 is 5.56 Å². The standard InChI is InChI=1S/C20H21N3O3/c1-2-23(14-8-4-3-5-9-14)17(24)12-22-13-21-18-15-10-6-7-11-16(15)26-19(18)20(22)25/h6-8,10-11,13H,2-5,9,12H2,1H3. The normalized spacial score (nSPS) is 14.6. The highest BCUT2D eigenvalue weighted by atomic mass is 16.3. The number of hydrogen-bond acceptors (Lipinski definition) is 4. The van der Waals surface area contributed by atoms with Gasteiger partial charge in [-0.3, -0.25) is 14.2 Å². The van der Waals surface area contributed by atoms with E-state index in [1.807, 2.05) is 25.1 Å². The molecule has 0 saturated carbocycles. The highest BCUT2D eigenvalue weighted by Gasteiger charge is 2.20. The Balaban J connectivity index is 1.67. The van der Waals surface area contributed by atoms with Crippen molar-refractivity contribution in [2.45, 2.75) is 39.2 Å². The molecule has 6 heteroatoms. The molecular formula is C20H21N3O3. The first-order valence-corrected chi connectivity index (χ1v) is 9.05. The monoisotopic (exact) mass is 351 g/mol. The van der Waals surface area contributed by atoms with Crippen LogP contribution in [0.25, 0.3) is 22.1 Å². The second kappa shape index (κ2) is 6.78. The number of fused-ring (bicyclic) bond motifs is 3. The Kier molecular flexibility index (Phi) is 4.32. The van der Waals surface area contributed by atoms with E-state index >= 15 is 0 Å². The fraction of sp³-hybridized carbons (Fsp3) is 0.350. The Morgan fingerprint density at radius 2 is 2.15 bits per heavy atom. The van der Waals surface area contributed by atoms with Crippen molar-refractivity contribution in [3.8, 4) is 0 Å². The van der Waals surface area contributed by atoms with E-state index < -0.39 is 0 Å². The molecule has 26 heavy (non-hydrogen) atoms. The molecule has 3 aromatic rings. The Hall–Kier alpha value is -2.89. The first-order valence-electron chi connectivity index (χ1n) is 9.05. The summed E-state index contributed by atoms with van der Waals surface area (Å²) in [4.78, 5) is 31.7. The molecule has 1 aliphatic rings. The van der Waals surface area contributed by atoms with Crippen molar-refractivity contribution in [2.75, 3.05) is 6.54 Å². The van der Waals surface area contributed by atoms with Crippen molar-refractivity contribution in [3.05, 3.63) is 52.7 Å². The Labute approximate surface area is 150 Å². The second-order valence-electron chi connectivity index (χ2n) is 6.53. The van der Waals surface area contributed by atoms with E-state index in [-0.39, 0.29) is 23.6 Å². The van der Waals surface area contributed by atoms with Gasteiger partial charge in [0.1, 0.15) is 17.6 Å². The molecule has 0 saturated heterocycles. The van der Waals surface area contributed by atoms with Crippen LogP contribution in [0.15, 0.2) is 51.6 Å². The number of carbonyl (C=O) groups is 1. The summed E-state index contributed by atoms with van der Waals surface area (Å²) in [5, 5.41) is 0.806. The van der Waals surface area contributed by atoms with Gasteiger partial charge in [0.05, 0.1) is 6.33 Å². The molecule has 134 valence electrons. The highest BCUT2D eigenvalue weighted by molar-refractivity contribution is 6.01. The topological polar surface area (TPSA) is 68.3 Å². The van der Waals surface area contributed by atoms with E-state index in [0.29, 0.717) is 17.6 Å². The molecule has 4 rings (SSSR count). The quantitative estimate of drug-likeness (QED) is 0.722. The third kappa shape index (κ3) is 2.81. The van der Waals surface area contributed by atoms with Gasteiger partial charge in [0, 0.05) is 17.6 Å². The maximum absolute atomic E-state index is 12.8. The fourth-order valence-corrected chi connectivity index (χ4v) is 3.56. The van der Waals surface area contributed by atoms with Crippen LogP contribution >= 0.6 is 0 Å². The van der Waals surface area contributed by atoms with Gasteiger partial charge >= 0.3 is 0 Å². The number of likely N-dealkylation sites (N-methyl/N-ethyl adjacent to an activating group) is 1. The molecule has 0 unspecified atom stereocenters. The van der Waals surface area contributed by atoms with Crippen LogP contribution in [0.1, 0.15) is 32.6 Å². The summed E-state index contributed by atoms with van der Waals surface area (Å²) in [6, 6.07) is 7.41. The molecule has 0 bridgehead atoms. The molecule has 6 nitrogen and oxygen atoms in total. The zero-order valence-corrected chi connectivity index (χ0v) is 14.8. The molecule has 2 aromatic heterocycles. The maximum Gasteiger partial charge on any atom is 0.297 e. The van der Waals surface area contributed by atoms with Gasteiger partial charge in [0.15, 0.2) is 0 Å². The van der Waals surface area contributed by atoms with Crippen LogP contribution in [0.4, 0.5) is 0 Å². The minimum absolute atomic E-state index is 0.0377. The van der Waals surface area contributed by atoms with Gasteiger partial charge in [-0.1, -0.05) is 18.2 Å². The number of carbonyl (C=O) groups excluding carboxylic acids is 1. The van der Waals surface area contributed by atoms with E-state index in [4.69, 9.17) is 4.42 Å². The Morgan fingerprint density at radius 3 is 2.92 bits per heavy atom. The average Bonchev–Trinajstić information content (AvgIpc) is 3.05. The molecule has 0 fully saturated rings. The lowest BCUT2D eigenvalue weighted by Crippen LogP contribution is -2.36. The number of hydrogen-bond donors (Lipinski definition) is 0. The van der Waals surface area contributed by atoms with Gasteiger partial charge < -0.3 is 9.32 Å². The number of furan rings is 1. The molecule has 1 aromatic carbocycles. The van der Waals surface area contributed by atoms with Crippen molar-refractivity contribution in [1.82, 2.24) is 14.5 Å². The second-order valence-corrected chi connectivity index (χ2v) is 6.53. The van der Waals surface area contributed by atoms with E-state index in [1.165, 1.54) is 17.3 Å². The molecule has 2 heterocycles. The third-order valence-corrected chi connectivity index (χ3v) is 4.89. The van der Waals surface area contributed by atoms with Crippen molar-refractivity contribution in [3.63, 3.8) is 0 Å². The van der Waals surface area contributed by atoms with E-state index in [2.05, 4.69) is 11.1 Å². The van der Waals surface area contributed by atoms with Crippen LogP contribution in [0.2, 0.25) is 0 Å². The van der Waals surface area contributed by atoms with Crippen LogP contribution in [0, 0.1) is 0 Å². The summed E-state index contributed by atoms with van der Waals surface area (Å²) in [6.07, 6.45) is 7.76. The lowest BCUT2D eigenvalue weighted by atomic mass is 10.0. The summed E-state index contributed by atoms with van der Waals surface area (Å²) in [6.45, 7) is 2.51. The van der Waals surface area contributed by atoms with Crippen molar-refractivity contribution < 1.29 is 9.21 Å². The molecule has 0 radical (unpaired) electrons. The number of para-hydroxylation sites is 1. The van der Waals surface area contributed by atoms with E-state index in [0.717, 1.165) is 30.3 Å². The van der Waals surface area contributed by atoms with Crippen molar-refractivity contribution in [2.24, 2.45) is 0 Å². The van der Waals surface area contributed by atoms with Gasteiger partial charge in [-0.25, -0.2) is 4.98 Å². The molecule has 0 N–H and O–H groups in total. The Morgan fingerprint density at radius 1 is 1.31 bits per heavy atom. The molecule has 1 amide bonds. The number of nitrogens with zero attached hydrogens (tertiary/aromatic N) is 3. The highest BCUT2D eigenvalue weighted by Crippen LogP contribution is 2.24. The van der Waals surface area contributed by atoms with E-state index in [1.54, 1.807) is 11.0 Å². The first-order chi connectivity index (χ1) is 12.7. The van der Waals surface area contributed by atoms with E-state index in [9.17, 15) is 9.59 Å². The number of allylic oxidation sites excluding steroid dienone is 2. The van der Waals surface area contributed by atoms with Crippen LogP contribution in [0.3, 0.4) is 0 Å². The SMILES string of the molecule is CCN(C(=O)Cn1cnc2c(oc3ccccc32)c1=O)C1=CCCCC1. The van der Waals surface area contributed by atoms with Gasteiger partial charge in [0.2, 0.25) is 11.5 Å². The zero-order valence-electron chi connectivity index (χ0n) is 14.8.